The van der Waals surface area contributed by atoms with E-state index in [2.05, 4.69) is 19.2 Å². The fraction of sp³-hybridized carbons (Fsp3) is 0.455. The van der Waals surface area contributed by atoms with Gasteiger partial charge in [-0.05, 0) is 24.1 Å². The fourth-order valence-electron chi connectivity index (χ4n) is 1.18. The standard InChI is InChI=1S/C11H15ClFN/c1-8(2)6-14-7-9-4-3-5-10(13)11(9)12/h3-5,8,14H,6-7H2,1-2H3. The Labute approximate surface area is 89.3 Å². The monoisotopic (exact) mass is 215 g/mol. The van der Waals surface area contributed by atoms with E-state index >= 15 is 0 Å². The molecule has 0 heterocycles. The first-order valence-corrected chi connectivity index (χ1v) is 5.12. The summed E-state index contributed by atoms with van der Waals surface area (Å²) in [7, 11) is 0. The van der Waals surface area contributed by atoms with Gasteiger partial charge in [0, 0.05) is 6.54 Å². The molecule has 0 atom stereocenters. The quantitative estimate of drug-likeness (QED) is 0.813. The van der Waals surface area contributed by atoms with Crippen LogP contribution in [-0.2, 0) is 6.54 Å². The molecule has 1 rings (SSSR count). The van der Waals surface area contributed by atoms with Crippen molar-refractivity contribution in [2.24, 2.45) is 5.92 Å². The van der Waals surface area contributed by atoms with Crippen LogP contribution < -0.4 is 5.32 Å². The minimum absolute atomic E-state index is 0.226. The van der Waals surface area contributed by atoms with E-state index in [0.29, 0.717) is 12.5 Å². The van der Waals surface area contributed by atoms with E-state index in [1.807, 2.05) is 6.07 Å². The van der Waals surface area contributed by atoms with Crippen LogP contribution >= 0.6 is 11.6 Å². The number of halogens is 2. The molecule has 1 nitrogen and oxygen atoms in total. The van der Waals surface area contributed by atoms with Crippen LogP contribution in [0.15, 0.2) is 18.2 Å². The van der Waals surface area contributed by atoms with Crippen molar-refractivity contribution in [3.05, 3.63) is 34.6 Å². The minimum Gasteiger partial charge on any atom is -0.312 e. The zero-order valence-electron chi connectivity index (χ0n) is 8.48. The molecule has 0 saturated heterocycles. The zero-order chi connectivity index (χ0) is 10.6. The lowest BCUT2D eigenvalue weighted by atomic mass is 10.2. The molecule has 1 aromatic rings. The summed E-state index contributed by atoms with van der Waals surface area (Å²) < 4.78 is 13.0. The Morgan fingerprint density at radius 2 is 2.14 bits per heavy atom. The molecule has 3 heteroatoms. The number of nitrogens with one attached hydrogen (secondary N) is 1. The minimum atomic E-state index is -0.351. The average molecular weight is 216 g/mol. The van der Waals surface area contributed by atoms with Crippen molar-refractivity contribution >= 4 is 11.6 Å². The molecule has 0 bridgehead atoms. The number of hydrogen-bond donors (Lipinski definition) is 1. The summed E-state index contributed by atoms with van der Waals surface area (Å²) in [5.74, 6) is 0.234. The van der Waals surface area contributed by atoms with Gasteiger partial charge in [-0.3, -0.25) is 0 Å². The van der Waals surface area contributed by atoms with Gasteiger partial charge in [0.25, 0.3) is 0 Å². The van der Waals surface area contributed by atoms with Crippen molar-refractivity contribution < 1.29 is 4.39 Å². The molecule has 0 aromatic heterocycles. The van der Waals surface area contributed by atoms with Crippen molar-refractivity contribution in [3.8, 4) is 0 Å². The SMILES string of the molecule is CC(C)CNCc1cccc(F)c1Cl. The molecule has 1 N–H and O–H groups in total. The third-order valence-electron chi connectivity index (χ3n) is 1.90. The van der Waals surface area contributed by atoms with Crippen molar-refractivity contribution in [1.29, 1.82) is 0 Å². The van der Waals surface area contributed by atoms with Crippen molar-refractivity contribution in [2.45, 2.75) is 20.4 Å². The van der Waals surface area contributed by atoms with Gasteiger partial charge in [-0.2, -0.15) is 0 Å². The van der Waals surface area contributed by atoms with Gasteiger partial charge in [0.2, 0.25) is 0 Å². The van der Waals surface area contributed by atoms with Gasteiger partial charge < -0.3 is 5.32 Å². The first kappa shape index (κ1) is 11.5. The van der Waals surface area contributed by atoms with Gasteiger partial charge in [-0.15, -0.1) is 0 Å². The molecule has 14 heavy (non-hydrogen) atoms. The molecule has 0 saturated carbocycles. The molecule has 0 aliphatic carbocycles. The van der Waals surface area contributed by atoms with Crippen LogP contribution in [0.1, 0.15) is 19.4 Å². The van der Waals surface area contributed by atoms with Crippen LogP contribution in [0.2, 0.25) is 5.02 Å². The molecule has 0 spiro atoms. The highest BCUT2D eigenvalue weighted by molar-refractivity contribution is 6.31. The van der Waals surface area contributed by atoms with Crippen LogP contribution in [0.25, 0.3) is 0 Å². The third-order valence-corrected chi connectivity index (χ3v) is 2.32. The van der Waals surface area contributed by atoms with Crippen LogP contribution in [0.4, 0.5) is 4.39 Å². The summed E-state index contributed by atoms with van der Waals surface area (Å²) in [5.41, 5.74) is 0.812. The first-order chi connectivity index (χ1) is 6.61. The van der Waals surface area contributed by atoms with Crippen molar-refractivity contribution in [3.63, 3.8) is 0 Å². The normalized spacial score (nSPS) is 10.9. The van der Waals surface area contributed by atoms with Crippen LogP contribution in [0, 0.1) is 11.7 Å². The van der Waals surface area contributed by atoms with E-state index in [1.54, 1.807) is 6.07 Å². The third kappa shape index (κ3) is 3.28. The fourth-order valence-corrected chi connectivity index (χ4v) is 1.37. The molecule has 0 aliphatic rings. The molecule has 0 radical (unpaired) electrons. The lowest BCUT2D eigenvalue weighted by Crippen LogP contribution is -2.19. The summed E-state index contributed by atoms with van der Waals surface area (Å²) in [4.78, 5) is 0. The maximum atomic E-state index is 13.0. The van der Waals surface area contributed by atoms with E-state index in [4.69, 9.17) is 11.6 Å². The van der Waals surface area contributed by atoms with Crippen molar-refractivity contribution in [2.75, 3.05) is 6.54 Å². The average Bonchev–Trinajstić information content (AvgIpc) is 2.12. The van der Waals surface area contributed by atoms with E-state index in [0.717, 1.165) is 12.1 Å². The second-order valence-electron chi connectivity index (χ2n) is 3.74. The van der Waals surface area contributed by atoms with Gasteiger partial charge in [-0.25, -0.2) is 4.39 Å². The Kier molecular flexibility index (Phi) is 4.36. The lowest BCUT2D eigenvalue weighted by Gasteiger charge is -2.08. The Balaban J connectivity index is 2.54. The molecule has 1 aromatic carbocycles. The summed E-state index contributed by atoms with van der Waals surface area (Å²) >= 11 is 5.79. The van der Waals surface area contributed by atoms with E-state index in [9.17, 15) is 4.39 Å². The van der Waals surface area contributed by atoms with Crippen LogP contribution in [-0.4, -0.2) is 6.54 Å². The molecule has 0 amide bonds. The Morgan fingerprint density at radius 1 is 1.43 bits per heavy atom. The van der Waals surface area contributed by atoms with Gasteiger partial charge in [-0.1, -0.05) is 37.6 Å². The van der Waals surface area contributed by atoms with Gasteiger partial charge in [0.05, 0.1) is 5.02 Å². The van der Waals surface area contributed by atoms with Crippen LogP contribution in [0.5, 0.6) is 0 Å². The Hall–Kier alpha value is -0.600. The zero-order valence-corrected chi connectivity index (χ0v) is 9.24. The predicted octanol–water partition coefficient (Wildman–Crippen LogP) is 3.22. The molecule has 0 fully saturated rings. The highest BCUT2D eigenvalue weighted by atomic mass is 35.5. The molecular formula is C11H15ClFN. The lowest BCUT2D eigenvalue weighted by molar-refractivity contribution is 0.550. The van der Waals surface area contributed by atoms with E-state index < -0.39 is 0 Å². The highest BCUT2D eigenvalue weighted by Gasteiger charge is 2.04. The van der Waals surface area contributed by atoms with Gasteiger partial charge >= 0.3 is 0 Å². The van der Waals surface area contributed by atoms with E-state index in [-0.39, 0.29) is 10.8 Å². The first-order valence-electron chi connectivity index (χ1n) is 4.75. The number of benzene rings is 1. The number of rotatable bonds is 4. The summed E-state index contributed by atoms with van der Waals surface area (Å²) in [6.45, 7) is 5.78. The summed E-state index contributed by atoms with van der Waals surface area (Å²) in [6.07, 6.45) is 0. The van der Waals surface area contributed by atoms with Gasteiger partial charge in [0.15, 0.2) is 0 Å². The largest absolute Gasteiger partial charge is 0.312 e. The predicted molar refractivity (Wildman–Crippen MR) is 58.0 cm³/mol. The molecule has 0 aliphatic heterocycles. The maximum Gasteiger partial charge on any atom is 0.142 e. The maximum absolute atomic E-state index is 13.0. The number of hydrogen-bond acceptors (Lipinski definition) is 1. The second kappa shape index (κ2) is 5.32. The Morgan fingerprint density at radius 3 is 2.79 bits per heavy atom. The van der Waals surface area contributed by atoms with E-state index in [1.165, 1.54) is 6.07 Å². The molecule has 78 valence electrons. The molecule has 0 unspecified atom stereocenters. The van der Waals surface area contributed by atoms with Crippen molar-refractivity contribution in [1.82, 2.24) is 5.32 Å². The summed E-state index contributed by atoms with van der Waals surface area (Å²) in [6, 6.07) is 4.88. The Bertz CT molecular complexity index is 299. The van der Waals surface area contributed by atoms with Crippen LogP contribution in [0.3, 0.4) is 0 Å². The topological polar surface area (TPSA) is 12.0 Å². The highest BCUT2D eigenvalue weighted by Crippen LogP contribution is 2.19. The summed E-state index contributed by atoms with van der Waals surface area (Å²) in [5, 5.41) is 3.44. The molecular weight excluding hydrogens is 201 g/mol. The second-order valence-corrected chi connectivity index (χ2v) is 4.12. The smallest absolute Gasteiger partial charge is 0.142 e. The van der Waals surface area contributed by atoms with Gasteiger partial charge in [0.1, 0.15) is 5.82 Å².